The number of H-pyrrole nitrogens is 1. The fourth-order valence-electron chi connectivity index (χ4n) is 5.93. The number of fused-ring (bicyclic) bond motifs is 1. The van der Waals surface area contributed by atoms with Gasteiger partial charge in [-0.3, -0.25) is 14.4 Å². The molecule has 8 heteroatoms. The minimum atomic E-state index is -0.735. The number of carbonyl (C=O) groups excluding carboxylic acids is 3. The highest BCUT2D eigenvalue weighted by Crippen LogP contribution is 2.50. The summed E-state index contributed by atoms with van der Waals surface area (Å²) in [5.74, 6) is -0.522. The third kappa shape index (κ3) is 4.20. The number of para-hydroxylation sites is 1. The first-order chi connectivity index (χ1) is 16.4. The number of carbonyl (C=O) groups is 3. The largest absolute Gasteiger partial charge is 0.349 e. The first-order valence-electron chi connectivity index (χ1n) is 12.2. The molecule has 1 spiro atoms. The fourth-order valence-corrected chi connectivity index (χ4v) is 6.16. The van der Waals surface area contributed by atoms with Crippen LogP contribution in [0.2, 0.25) is 5.02 Å². The summed E-state index contributed by atoms with van der Waals surface area (Å²) in [5, 5.41) is 13.9. The normalized spacial score (nSPS) is 24.6. The van der Waals surface area contributed by atoms with Crippen LogP contribution in [0.15, 0.2) is 24.3 Å². The number of likely N-dealkylation sites (tertiary alicyclic amines) is 1. The van der Waals surface area contributed by atoms with Crippen molar-refractivity contribution in [2.75, 3.05) is 6.54 Å². The molecule has 1 aromatic carbocycles. The number of nitriles is 1. The van der Waals surface area contributed by atoms with Gasteiger partial charge >= 0.3 is 0 Å². The van der Waals surface area contributed by atoms with Gasteiger partial charge in [0, 0.05) is 24.3 Å². The van der Waals surface area contributed by atoms with Gasteiger partial charge < -0.3 is 15.2 Å². The Balaban J connectivity index is 1.34. The molecule has 2 heterocycles. The third-order valence-electron chi connectivity index (χ3n) is 8.00. The van der Waals surface area contributed by atoms with Crippen LogP contribution in [0.3, 0.4) is 0 Å². The number of Topliss-reactive ketones (excluding diaryl/α,β-unsaturated/α-hetero) is 1. The van der Waals surface area contributed by atoms with Gasteiger partial charge in [0.25, 0.3) is 5.91 Å². The lowest BCUT2D eigenvalue weighted by Crippen LogP contribution is -2.49. The highest BCUT2D eigenvalue weighted by Gasteiger charge is 2.52. The number of hydrogen-bond acceptors (Lipinski definition) is 4. The summed E-state index contributed by atoms with van der Waals surface area (Å²) in [6.45, 7) is 0.533. The second-order valence-electron chi connectivity index (χ2n) is 10.2. The molecular weight excluding hydrogens is 452 g/mol. The van der Waals surface area contributed by atoms with Crippen LogP contribution in [0, 0.1) is 22.7 Å². The zero-order valence-corrected chi connectivity index (χ0v) is 19.9. The maximum atomic E-state index is 13.5. The van der Waals surface area contributed by atoms with Gasteiger partial charge in [-0.15, -0.1) is 0 Å². The molecule has 0 bridgehead atoms. The molecule has 1 aliphatic heterocycles. The minimum Gasteiger partial charge on any atom is -0.349 e. The predicted octanol–water partition coefficient (Wildman–Crippen LogP) is 4.36. The summed E-state index contributed by atoms with van der Waals surface area (Å²) < 4.78 is 0. The number of amides is 2. The summed E-state index contributed by atoms with van der Waals surface area (Å²) in [4.78, 5) is 43.9. The van der Waals surface area contributed by atoms with Crippen molar-refractivity contribution in [1.82, 2.24) is 15.2 Å². The number of halogens is 1. The molecule has 34 heavy (non-hydrogen) atoms. The lowest BCUT2D eigenvalue weighted by atomic mass is 9.67. The molecule has 0 radical (unpaired) electrons. The van der Waals surface area contributed by atoms with Crippen LogP contribution in [-0.2, 0) is 9.59 Å². The zero-order valence-electron chi connectivity index (χ0n) is 19.1. The van der Waals surface area contributed by atoms with E-state index in [1.807, 2.05) is 12.1 Å². The van der Waals surface area contributed by atoms with E-state index in [0.717, 1.165) is 43.9 Å². The maximum Gasteiger partial charge on any atom is 0.271 e. The van der Waals surface area contributed by atoms with E-state index in [4.69, 9.17) is 11.6 Å². The molecule has 178 valence electrons. The van der Waals surface area contributed by atoms with Crippen LogP contribution in [0.1, 0.15) is 68.3 Å². The SMILES string of the molecule is N#C[C@H](C[C@@H]1CCCCC1=O)NC(=O)[C@@H]1CC2(CCC2)CN1C(=O)c1cc2cccc(Cl)c2[nH]1. The Morgan fingerprint density at radius 2 is 2.12 bits per heavy atom. The Hall–Kier alpha value is -2.85. The Labute approximate surface area is 203 Å². The van der Waals surface area contributed by atoms with Gasteiger partial charge in [0.15, 0.2) is 0 Å². The average molecular weight is 481 g/mol. The molecule has 1 saturated heterocycles. The van der Waals surface area contributed by atoms with Crippen LogP contribution in [0.25, 0.3) is 10.9 Å². The van der Waals surface area contributed by atoms with Crippen molar-refractivity contribution in [2.45, 2.75) is 69.9 Å². The van der Waals surface area contributed by atoms with Crippen molar-refractivity contribution in [3.8, 4) is 6.07 Å². The number of aromatic amines is 1. The molecule has 2 aliphatic carbocycles. The molecule has 0 unspecified atom stereocenters. The predicted molar refractivity (Wildman–Crippen MR) is 128 cm³/mol. The molecule has 2 amide bonds. The Bertz CT molecular complexity index is 1180. The Morgan fingerprint density at radius 1 is 1.29 bits per heavy atom. The van der Waals surface area contributed by atoms with Crippen LogP contribution >= 0.6 is 11.6 Å². The topological polar surface area (TPSA) is 106 Å². The average Bonchev–Trinajstić information content (AvgIpc) is 3.43. The number of rotatable bonds is 5. The maximum absolute atomic E-state index is 13.5. The molecule has 3 atom stereocenters. The summed E-state index contributed by atoms with van der Waals surface area (Å²) in [5.41, 5.74) is 1.08. The van der Waals surface area contributed by atoms with Crippen molar-refractivity contribution >= 4 is 40.1 Å². The van der Waals surface area contributed by atoms with E-state index < -0.39 is 12.1 Å². The van der Waals surface area contributed by atoms with Crippen LogP contribution in [0.4, 0.5) is 0 Å². The zero-order chi connectivity index (χ0) is 23.9. The molecular formula is C26H29ClN4O3. The van der Waals surface area contributed by atoms with Crippen LogP contribution in [-0.4, -0.2) is 46.1 Å². The van der Waals surface area contributed by atoms with Gasteiger partial charge in [-0.1, -0.05) is 36.6 Å². The number of aromatic nitrogens is 1. The second kappa shape index (κ2) is 9.07. The molecule has 2 N–H and O–H groups in total. The quantitative estimate of drug-likeness (QED) is 0.662. The lowest BCUT2D eigenvalue weighted by Gasteiger charge is -2.37. The standard InChI is InChI=1S/C26H29ClN4O3/c27-19-7-3-6-17-12-20(30-23(17)19)25(34)31-15-26(9-4-10-26)13-21(31)24(33)29-18(14-28)11-16-5-1-2-8-22(16)32/h3,6-7,12,16,18,21,30H,1-2,4-5,8-11,13,15H2,(H,29,33)/t16-,18-,21-/m0/s1. The number of nitrogens with one attached hydrogen (secondary N) is 2. The lowest BCUT2D eigenvalue weighted by molar-refractivity contribution is -0.127. The third-order valence-corrected chi connectivity index (χ3v) is 8.31. The first kappa shape index (κ1) is 22.9. The molecule has 7 nitrogen and oxygen atoms in total. The van der Waals surface area contributed by atoms with E-state index in [0.29, 0.717) is 42.0 Å². The molecule has 3 fully saturated rings. The van der Waals surface area contributed by atoms with Gasteiger partial charge in [-0.2, -0.15) is 5.26 Å². The summed E-state index contributed by atoms with van der Waals surface area (Å²) in [7, 11) is 0. The summed E-state index contributed by atoms with van der Waals surface area (Å²) in [6, 6.07) is 8.06. The van der Waals surface area contributed by atoms with Gasteiger partial charge in [0.2, 0.25) is 5.91 Å². The number of hydrogen-bond donors (Lipinski definition) is 2. The summed E-state index contributed by atoms with van der Waals surface area (Å²) in [6.07, 6.45) is 7.24. The highest BCUT2D eigenvalue weighted by molar-refractivity contribution is 6.35. The molecule has 1 aromatic heterocycles. The highest BCUT2D eigenvalue weighted by atomic mass is 35.5. The minimum absolute atomic E-state index is 0.0250. The molecule has 2 saturated carbocycles. The van der Waals surface area contributed by atoms with E-state index in [-0.39, 0.29) is 28.9 Å². The molecule has 2 aromatic rings. The van der Waals surface area contributed by atoms with Gasteiger partial charge in [-0.25, -0.2) is 0 Å². The Morgan fingerprint density at radius 3 is 2.79 bits per heavy atom. The van der Waals surface area contributed by atoms with Gasteiger partial charge in [0.1, 0.15) is 23.6 Å². The molecule has 3 aliphatic rings. The second-order valence-corrected chi connectivity index (χ2v) is 10.6. The van der Waals surface area contributed by atoms with Gasteiger partial charge in [0.05, 0.1) is 16.6 Å². The van der Waals surface area contributed by atoms with Crippen molar-refractivity contribution in [2.24, 2.45) is 11.3 Å². The van der Waals surface area contributed by atoms with E-state index in [9.17, 15) is 19.6 Å². The van der Waals surface area contributed by atoms with Crippen LogP contribution < -0.4 is 5.32 Å². The van der Waals surface area contributed by atoms with E-state index in [2.05, 4.69) is 16.4 Å². The van der Waals surface area contributed by atoms with Crippen molar-refractivity contribution < 1.29 is 14.4 Å². The van der Waals surface area contributed by atoms with E-state index >= 15 is 0 Å². The number of ketones is 1. The monoisotopic (exact) mass is 480 g/mol. The number of nitrogens with zero attached hydrogens (tertiary/aromatic N) is 2. The van der Waals surface area contributed by atoms with E-state index in [1.165, 1.54) is 0 Å². The molecule has 5 rings (SSSR count). The Kier molecular flexibility index (Phi) is 6.11. The number of benzene rings is 1. The van der Waals surface area contributed by atoms with Gasteiger partial charge in [-0.05, 0) is 56.1 Å². The van der Waals surface area contributed by atoms with Crippen molar-refractivity contribution in [1.29, 1.82) is 5.26 Å². The van der Waals surface area contributed by atoms with Crippen LogP contribution in [0.5, 0.6) is 0 Å². The van der Waals surface area contributed by atoms with E-state index in [1.54, 1.807) is 17.0 Å². The fraction of sp³-hybridized carbons (Fsp3) is 0.538. The van der Waals surface area contributed by atoms with Crippen molar-refractivity contribution in [3.05, 3.63) is 35.0 Å². The smallest absolute Gasteiger partial charge is 0.271 e. The first-order valence-corrected chi connectivity index (χ1v) is 12.6. The van der Waals surface area contributed by atoms with Crippen molar-refractivity contribution in [3.63, 3.8) is 0 Å². The summed E-state index contributed by atoms with van der Waals surface area (Å²) >= 11 is 6.28.